The summed E-state index contributed by atoms with van der Waals surface area (Å²) >= 11 is 5.89. The molecule has 2 N–H and O–H groups in total. The molecule has 2 atom stereocenters. The van der Waals surface area contributed by atoms with E-state index in [-0.39, 0.29) is 40.9 Å². The van der Waals surface area contributed by atoms with Crippen LogP contribution in [0.5, 0.6) is 0 Å². The van der Waals surface area contributed by atoms with Crippen molar-refractivity contribution in [1.29, 1.82) is 0 Å². The van der Waals surface area contributed by atoms with Crippen LogP contribution in [0.1, 0.15) is 23.7 Å². The third-order valence-electron chi connectivity index (χ3n) is 3.43. The van der Waals surface area contributed by atoms with Crippen LogP contribution in [-0.4, -0.2) is 29.9 Å². The lowest BCUT2D eigenvalue weighted by Gasteiger charge is -2.19. The molecule has 19 heavy (non-hydrogen) atoms. The molecule has 1 saturated heterocycles. The fourth-order valence-electron chi connectivity index (χ4n) is 2.26. The number of hydrogen-bond donors (Lipinski definition) is 1. The van der Waals surface area contributed by atoms with Crippen molar-refractivity contribution in [2.45, 2.75) is 19.4 Å². The van der Waals surface area contributed by atoms with Gasteiger partial charge >= 0.3 is 0 Å². The second-order valence-corrected chi connectivity index (χ2v) is 5.16. The minimum atomic E-state index is -0.572. The fourth-order valence-corrected chi connectivity index (χ4v) is 2.51. The number of halogens is 3. The molecule has 1 aromatic carbocycles. The maximum atomic E-state index is 13.7. The molecule has 0 aliphatic carbocycles. The van der Waals surface area contributed by atoms with Crippen LogP contribution in [-0.2, 0) is 0 Å². The Labute approximate surface area is 123 Å². The van der Waals surface area contributed by atoms with Gasteiger partial charge in [0.25, 0.3) is 5.91 Å². The molecule has 1 aromatic rings. The zero-order valence-corrected chi connectivity index (χ0v) is 12.2. The number of carbonyl (C=O) groups excluding carboxylic acids is 1. The van der Waals surface area contributed by atoms with Gasteiger partial charge in [-0.05, 0) is 31.4 Å². The number of amides is 1. The first-order valence-electron chi connectivity index (χ1n) is 5.99. The summed E-state index contributed by atoms with van der Waals surface area (Å²) in [5, 5.41) is 0.157. The minimum Gasteiger partial charge on any atom is -0.338 e. The van der Waals surface area contributed by atoms with Gasteiger partial charge in [0.15, 0.2) is 0 Å². The third kappa shape index (κ3) is 3.38. The molecule has 106 valence electrons. The minimum absolute atomic E-state index is 0. The number of nitrogens with two attached hydrogens (primary N) is 1. The van der Waals surface area contributed by atoms with Crippen LogP contribution in [0.3, 0.4) is 0 Å². The van der Waals surface area contributed by atoms with E-state index in [9.17, 15) is 9.18 Å². The molecular formula is C13H17Cl2FN2O. The SMILES string of the molecule is CC(N)C1CCN(C(=O)c2c(F)cccc2Cl)C1.Cl. The summed E-state index contributed by atoms with van der Waals surface area (Å²) in [7, 11) is 0. The summed E-state index contributed by atoms with van der Waals surface area (Å²) in [4.78, 5) is 13.8. The van der Waals surface area contributed by atoms with Gasteiger partial charge in [0, 0.05) is 19.1 Å². The van der Waals surface area contributed by atoms with Crippen molar-refractivity contribution < 1.29 is 9.18 Å². The summed E-state index contributed by atoms with van der Waals surface area (Å²) in [6.45, 7) is 3.10. The van der Waals surface area contributed by atoms with Crippen LogP contribution in [0.25, 0.3) is 0 Å². The van der Waals surface area contributed by atoms with Crippen LogP contribution < -0.4 is 5.73 Å². The van der Waals surface area contributed by atoms with Crippen LogP contribution in [0, 0.1) is 11.7 Å². The average molecular weight is 307 g/mol. The van der Waals surface area contributed by atoms with E-state index >= 15 is 0 Å². The quantitative estimate of drug-likeness (QED) is 0.913. The lowest BCUT2D eigenvalue weighted by atomic mass is 10.0. The molecule has 1 heterocycles. The molecule has 1 fully saturated rings. The second-order valence-electron chi connectivity index (χ2n) is 4.76. The van der Waals surface area contributed by atoms with Crippen LogP contribution in [0.2, 0.25) is 5.02 Å². The second kappa shape index (κ2) is 6.55. The van der Waals surface area contributed by atoms with Gasteiger partial charge in [0.1, 0.15) is 5.82 Å². The molecule has 1 aliphatic heterocycles. The van der Waals surface area contributed by atoms with Crippen LogP contribution >= 0.6 is 24.0 Å². The standard InChI is InChI=1S/C13H16ClFN2O.ClH/c1-8(16)9-5-6-17(7-9)13(18)12-10(14)3-2-4-11(12)15;/h2-4,8-9H,5-7,16H2,1H3;1H. The first kappa shape index (κ1) is 16.2. The van der Waals surface area contributed by atoms with Gasteiger partial charge < -0.3 is 10.6 Å². The topological polar surface area (TPSA) is 46.3 Å². The van der Waals surface area contributed by atoms with Gasteiger partial charge in [-0.15, -0.1) is 12.4 Å². The normalized spacial score (nSPS) is 20.0. The maximum Gasteiger partial charge on any atom is 0.258 e. The first-order valence-corrected chi connectivity index (χ1v) is 6.37. The van der Waals surface area contributed by atoms with Gasteiger partial charge in [-0.1, -0.05) is 17.7 Å². The molecule has 0 aromatic heterocycles. The highest BCUT2D eigenvalue weighted by Crippen LogP contribution is 2.25. The average Bonchev–Trinajstić information content (AvgIpc) is 2.77. The van der Waals surface area contributed by atoms with Crippen molar-refractivity contribution in [2.75, 3.05) is 13.1 Å². The number of nitrogens with zero attached hydrogens (tertiary/aromatic N) is 1. The lowest BCUT2D eigenvalue weighted by Crippen LogP contribution is -2.33. The smallest absolute Gasteiger partial charge is 0.258 e. The van der Waals surface area contributed by atoms with Gasteiger partial charge in [-0.25, -0.2) is 4.39 Å². The summed E-state index contributed by atoms with van der Waals surface area (Å²) in [5.74, 6) is -0.641. The number of hydrogen-bond acceptors (Lipinski definition) is 2. The molecular weight excluding hydrogens is 290 g/mol. The highest BCUT2D eigenvalue weighted by Gasteiger charge is 2.30. The monoisotopic (exact) mass is 306 g/mol. The summed E-state index contributed by atoms with van der Waals surface area (Å²) in [5.41, 5.74) is 5.78. The lowest BCUT2D eigenvalue weighted by molar-refractivity contribution is 0.0781. The third-order valence-corrected chi connectivity index (χ3v) is 3.75. The van der Waals surface area contributed by atoms with Crippen molar-refractivity contribution in [3.8, 4) is 0 Å². The van der Waals surface area contributed by atoms with Crippen LogP contribution in [0.4, 0.5) is 4.39 Å². The number of carbonyl (C=O) groups is 1. The molecule has 1 amide bonds. The number of rotatable bonds is 2. The number of likely N-dealkylation sites (tertiary alicyclic amines) is 1. The van der Waals surface area contributed by atoms with Gasteiger partial charge in [0.05, 0.1) is 10.6 Å². The molecule has 0 bridgehead atoms. The van der Waals surface area contributed by atoms with Crippen LogP contribution in [0.15, 0.2) is 18.2 Å². The molecule has 0 saturated carbocycles. The molecule has 0 spiro atoms. The Balaban J connectivity index is 0.00000180. The van der Waals surface area contributed by atoms with E-state index in [1.54, 1.807) is 4.90 Å². The molecule has 6 heteroatoms. The first-order chi connectivity index (χ1) is 8.50. The van der Waals surface area contributed by atoms with E-state index in [4.69, 9.17) is 17.3 Å². The van der Waals surface area contributed by atoms with E-state index in [0.29, 0.717) is 13.1 Å². The zero-order chi connectivity index (χ0) is 13.3. The Hall–Kier alpha value is -0.840. The van der Waals surface area contributed by atoms with E-state index in [1.165, 1.54) is 18.2 Å². The largest absolute Gasteiger partial charge is 0.338 e. The molecule has 2 rings (SSSR count). The molecule has 1 aliphatic rings. The Kier molecular flexibility index (Phi) is 5.59. The summed E-state index contributed by atoms with van der Waals surface area (Å²) < 4.78 is 13.7. The number of benzene rings is 1. The van der Waals surface area contributed by atoms with Gasteiger partial charge in [0.2, 0.25) is 0 Å². The Morgan fingerprint density at radius 3 is 2.79 bits per heavy atom. The van der Waals surface area contributed by atoms with Gasteiger partial charge in [-0.3, -0.25) is 4.79 Å². The highest BCUT2D eigenvalue weighted by atomic mass is 35.5. The predicted octanol–water partition coefficient (Wildman–Crippen LogP) is 2.71. The maximum absolute atomic E-state index is 13.7. The van der Waals surface area contributed by atoms with E-state index in [2.05, 4.69) is 0 Å². The van der Waals surface area contributed by atoms with Crippen molar-refractivity contribution in [1.82, 2.24) is 4.90 Å². The van der Waals surface area contributed by atoms with E-state index in [0.717, 1.165) is 6.42 Å². The van der Waals surface area contributed by atoms with Crippen molar-refractivity contribution in [2.24, 2.45) is 11.7 Å². The molecule has 3 nitrogen and oxygen atoms in total. The van der Waals surface area contributed by atoms with Crippen molar-refractivity contribution >= 4 is 29.9 Å². The zero-order valence-electron chi connectivity index (χ0n) is 10.6. The Bertz CT molecular complexity index is 448. The summed E-state index contributed by atoms with van der Waals surface area (Å²) in [6, 6.07) is 4.30. The van der Waals surface area contributed by atoms with Crippen molar-refractivity contribution in [3.63, 3.8) is 0 Å². The fraction of sp³-hybridized carbons (Fsp3) is 0.462. The molecule has 0 radical (unpaired) electrons. The highest BCUT2D eigenvalue weighted by molar-refractivity contribution is 6.33. The Morgan fingerprint density at radius 2 is 2.26 bits per heavy atom. The van der Waals surface area contributed by atoms with Gasteiger partial charge in [-0.2, -0.15) is 0 Å². The Morgan fingerprint density at radius 1 is 1.58 bits per heavy atom. The van der Waals surface area contributed by atoms with Crippen molar-refractivity contribution in [3.05, 3.63) is 34.6 Å². The summed E-state index contributed by atoms with van der Waals surface area (Å²) in [6.07, 6.45) is 0.857. The van der Waals surface area contributed by atoms with E-state index < -0.39 is 5.82 Å². The van der Waals surface area contributed by atoms with E-state index in [1.807, 2.05) is 6.92 Å². The predicted molar refractivity (Wildman–Crippen MR) is 76.3 cm³/mol. The molecule has 2 unspecified atom stereocenters.